The highest BCUT2D eigenvalue weighted by atomic mass is 35.5. The highest BCUT2D eigenvalue weighted by Crippen LogP contribution is 2.40. The van der Waals surface area contributed by atoms with Crippen LogP contribution in [0.2, 0.25) is 5.02 Å². The molecule has 2 heterocycles. The van der Waals surface area contributed by atoms with E-state index in [0.29, 0.717) is 16.5 Å². The van der Waals surface area contributed by atoms with E-state index in [-0.39, 0.29) is 12.8 Å². The molecule has 104 valence electrons. The van der Waals surface area contributed by atoms with Crippen molar-refractivity contribution in [1.82, 2.24) is 9.97 Å². The van der Waals surface area contributed by atoms with Gasteiger partial charge in [-0.3, -0.25) is 9.97 Å². The Morgan fingerprint density at radius 1 is 1.20 bits per heavy atom. The van der Waals surface area contributed by atoms with Crippen LogP contribution in [0.1, 0.15) is 24.4 Å². The van der Waals surface area contributed by atoms with Gasteiger partial charge in [0.05, 0.1) is 28.1 Å². The van der Waals surface area contributed by atoms with Gasteiger partial charge in [0, 0.05) is 24.5 Å². The SMILES string of the molecule is Cc1nccnc1C(C)Nc1cc2c(cc1Cl)OCO2. The predicted molar refractivity (Wildman–Crippen MR) is 76.4 cm³/mol. The zero-order valence-electron chi connectivity index (χ0n) is 11.2. The summed E-state index contributed by atoms with van der Waals surface area (Å²) in [5.74, 6) is 1.36. The van der Waals surface area contributed by atoms with E-state index in [1.165, 1.54) is 0 Å². The fourth-order valence-corrected chi connectivity index (χ4v) is 2.38. The third kappa shape index (κ3) is 2.36. The van der Waals surface area contributed by atoms with Crippen molar-refractivity contribution in [3.63, 3.8) is 0 Å². The van der Waals surface area contributed by atoms with Crippen LogP contribution in [-0.4, -0.2) is 16.8 Å². The normalized spacial score (nSPS) is 14.2. The molecule has 2 aromatic rings. The number of nitrogens with one attached hydrogen (secondary N) is 1. The van der Waals surface area contributed by atoms with Crippen molar-refractivity contribution in [1.29, 1.82) is 0 Å². The van der Waals surface area contributed by atoms with Crippen molar-refractivity contribution < 1.29 is 9.47 Å². The minimum absolute atomic E-state index is 0.0124. The van der Waals surface area contributed by atoms with Crippen LogP contribution in [0.3, 0.4) is 0 Å². The Bertz CT molecular complexity index is 648. The summed E-state index contributed by atoms with van der Waals surface area (Å²) in [5.41, 5.74) is 2.57. The van der Waals surface area contributed by atoms with Gasteiger partial charge in [-0.05, 0) is 13.8 Å². The smallest absolute Gasteiger partial charge is 0.231 e. The lowest BCUT2D eigenvalue weighted by Crippen LogP contribution is -2.11. The van der Waals surface area contributed by atoms with E-state index in [1.807, 2.05) is 19.9 Å². The molecule has 1 atom stereocenters. The highest BCUT2D eigenvalue weighted by molar-refractivity contribution is 6.33. The minimum atomic E-state index is -0.0124. The first-order valence-electron chi connectivity index (χ1n) is 6.28. The van der Waals surface area contributed by atoms with Crippen LogP contribution in [0, 0.1) is 6.92 Å². The molecule has 0 aliphatic carbocycles. The van der Waals surface area contributed by atoms with Gasteiger partial charge in [0.2, 0.25) is 6.79 Å². The number of benzene rings is 1. The van der Waals surface area contributed by atoms with Gasteiger partial charge in [0.15, 0.2) is 11.5 Å². The number of rotatable bonds is 3. The summed E-state index contributed by atoms with van der Waals surface area (Å²) in [4.78, 5) is 8.59. The molecular weight excluding hydrogens is 278 g/mol. The number of fused-ring (bicyclic) bond motifs is 1. The lowest BCUT2D eigenvalue weighted by molar-refractivity contribution is 0.174. The van der Waals surface area contributed by atoms with Crippen LogP contribution in [0.15, 0.2) is 24.5 Å². The summed E-state index contributed by atoms with van der Waals surface area (Å²) >= 11 is 6.25. The maximum atomic E-state index is 6.25. The molecule has 6 heteroatoms. The fourth-order valence-electron chi connectivity index (χ4n) is 2.17. The third-order valence-electron chi connectivity index (χ3n) is 3.16. The molecule has 0 bridgehead atoms. The number of ether oxygens (including phenoxy) is 2. The third-order valence-corrected chi connectivity index (χ3v) is 3.48. The summed E-state index contributed by atoms with van der Waals surface area (Å²) in [7, 11) is 0. The molecule has 1 aliphatic rings. The predicted octanol–water partition coefficient (Wildman–Crippen LogP) is 3.34. The molecule has 5 nitrogen and oxygen atoms in total. The van der Waals surface area contributed by atoms with Gasteiger partial charge in [-0.25, -0.2) is 0 Å². The summed E-state index contributed by atoms with van der Waals surface area (Å²) < 4.78 is 10.6. The Balaban J connectivity index is 1.86. The first-order valence-corrected chi connectivity index (χ1v) is 6.66. The summed E-state index contributed by atoms with van der Waals surface area (Å²) in [6.07, 6.45) is 3.36. The van der Waals surface area contributed by atoms with Gasteiger partial charge in [0.25, 0.3) is 0 Å². The van der Waals surface area contributed by atoms with Crippen LogP contribution in [0.4, 0.5) is 5.69 Å². The highest BCUT2D eigenvalue weighted by Gasteiger charge is 2.18. The molecule has 1 aliphatic heterocycles. The first-order chi connectivity index (χ1) is 9.65. The van der Waals surface area contributed by atoms with E-state index >= 15 is 0 Å². The largest absolute Gasteiger partial charge is 0.454 e. The Hall–Kier alpha value is -2.01. The maximum absolute atomic E-state index is 6.25. The van der Waals surface area contributed by atoms with E-state index in [9.17, 15) is 0 Å². The quantitative estimate of drug-likeness (QED) is 0.940. The monoisotopic (exact) mass is 291 g/mol. The Labute approximate surface area is 121 Å². The molecule has 1 unspecified atom stereocenters. The van der Waals surface area contributed by atoms with Crippen LogP contribution in [0.25, 0.3) is 0 Å². The molecule has 3 rings (SSSR count). The van der Waals surface area contributed by atoms with Crippen LogP contribution < -0.4 is 14.8 Å². The zero-order chi connectivity index (χ0) is 14.1. The number of aryl methyl sites for hydroxylation is 1. The fraction of sp³-hybridized carbons (Fsp3) is 0.286. The Morgan fingerprint density at radius 2 is 1.90 bits per heavy atom. The average Bonchev–Trinajstić information content (AvgIpc) is 2.86. The van der Waals surface area contributed by atoms with E-state index < -0.39 is 0 Å². The maximum Gasteiger partial charge on any atom is 0.231 e. The summed E-state index contributed by atoms with van der Waals surface area (Å²) in [6, 6.07) is 3.58. The molecule has 1 aromatic carbocycles. The van der Waals surface area contributed by atoms with Gasteiger partial charge >= 0.3 is 0 Å². The second kappa shape index (κ2) is 5.17. The van der Waals surface area contributed by atoms with Crippen molar-refractivity contribution in [2.24, 2.45) is 0 Å². The molecule has 1 N–H and O–H groups in total. The van der Waals surface area contributed by atoms with Gasteiger partial charge in [-0.2, -0.15) is 0 Å². The standard InChI is InChI=1S/C14H14ClN3O2/c1-8-14(17-4-3-16-8)9(2)18-11-6-13-12(5-10(11)15)19-7-20-13/h3-6,9,18H,7H2,1-2H3. The second-order valence-electron chi connectivity index (χ2n) is 4.58. The first kappa shape index (κ1) is 13.0. The number of aromatic nitrogens is 2. The van der Waals surface area contributed by atoms with Gasteiger partial charge in [0.1, 0.15) is 0 Å². The topological polar surface area (TPSA) is 56.3 Å². The van der Waals surface area contributed by atoms with Gasteiger partial charge < -0.3 is 14.8 Å². The van der Waals surface area contributed by atoms with Crippen molar-refractivity contribution in [2.75, 3.05) is 12.1 Å². The molecule has 1 aromatic heterocycles. The molecule has 0 saturated carbocycles. The van der Waals surface area contributed by atoms with E-state index in [1.54, 1.807) is 18.5 Å². The van der Waals surface area contributed by atoms with E-state index in [4.69, 9.17) is 21.1 Å². The van der Waals surface area contributed by atoms with Gasteiger partial charge in [-0.15, -0.1) is 0 Å². The second-order valence-corrected chi connectivity index (χ2v) is 4.99. The lowest BCUT2D eigenvalue weighted by atomic mass is 10.1. The molecule has 0 spiro atoms. The summed E-state index contributed by atoms with van der Waals surface area (Å²) in [6.45, 7) is 4.17. The average molecular weight is 292 g/mol. The van der Waals surface area contributed by atoms with Crippen LogP contribution >= 0.6 is 11.6 Å². The minimum Gasteiger partial charge on any atom is -0.454 e. The van der Waals surface area contributed by atoms with Crippen LogP contribution in [-0.2, 0) is 0 Å². The van der Waals surface area contributed by atoms with Crippen molar-refractivity contribution in [3.8, 4) is 11.5 Å². The lowest BCUT2D eigenvalue weighted by Gasteiger charge is -2.17. The molecular formula is C14H14ClN3O2. The number of hydrogen-bond acceptors (Lipinski definition) is 5. The summed E-state index contributed by atoms with van der Waals surface area (Å²) in [5, 5.41) is 3.91. The zero-order valence-corrected chi connectivity index (χ0v) is 11.9. The number of nitrogens with zero attached hydrogens (tertiary/aromatic N) is 2. The van der Waals surface area contributed by atoms with Crippen LogP contribution in [0.5, 0.6) is 11.5 Å². The van der Waals surface area contributed by atoms with Crippen molar-refractivity contribution in [2.45, 2.75) is 19.9 Å². The molecule has 0 fully saturated rings. The molecule has 0 amide bonds. The number of anilines is 1. The molecule has 0 saturated heterocycles. The van der Waals surface area contributed by atoms with Gasteiger partial charge in [-0.1, -0.05) is 11.6 Å². The Morgan fingerprint density at radius 3 is 2.65 bits per heavy atom. The van der Waals surface area contributed by atoms with E-state index in [0.717, 1.165) is 17.1 Å². The van der Waals surface area contributed by atoms with Crippen molar-refractivity contribution >= 4 is 17.3 Å². The molecule has 20 heavy (non-hydrogen) atoms. The number of halogens is 1. The number of hydrogen-bond donors (Lipinski definition) is 1. The molecule has 0 radical (unpaired) electrons. The Kier molecular flexibility index (Phi) is 3.36. The van der Waals surface area contributed by atoms with Crippen molar-refractivity contribution in [3.05, 3.63) is 40.9 Å². The van der Waals surface area contributed by atoms with E-state index in [2.05, 4.69) is 15.3 Å².